The van der Waals surface area contributed by atoms with Crippen LogP contribution < -0.4 is 10.6 Å². The minimum Gasteiger partial charge on any atom is -0.397 e. The summed E-state index contributed by atoms with van der Waals surface area (Å²) >= 11 is 0. The van der Waals surface area contributed by atoms with Crippen LogP contribution in [-0.4, -0.2) is 6.04 Å². The Hall–Kier alpha value is -1.96. The Labute approximate surface area is 115 Å². The number of nitrogens with two attached hydrogens (primary N) is 1. The van der Waals surface area contributed by atoms with E-state index in [0.717, 1.165) is 23.5 Å². The highest BCUT2D eigenvalue weighted by Crippen LogP contribution is 2.29. The van der Waals surface area contributed by atoms with Gasteiger partial charge in [-0.25, -0.2) is 0 Å². The topological polar surface area (TPSA) is 29.3 Å². The van der Waals surface area contributed by atoms with Crippen molar-refractivity contribution in [1.29, 1.82) is 0 Å². The first-order chi connectivity index (χ1) is 9.09. The van der Waals surface area contributed by atoms with E-state index in [1.54, 1.807) is 0 Å². The monoisotopic (exact) mass is 254 g/mol. The summed E-state index contributed by atoms with van der Waals surface area (Å²) in [6.45, 7) is 7.33. The van der Waals surface area contributed by atoms with Crippen molar-refractivity contribution in [1.82, 2.24) is 0 Å². The van der Waals surface area contributed by atoms with E-state index >= 15 is 0 Å². The summed E-state index contributed by atoms with van der Waals surface area (Å²) in [4.78, 5) is 2.34. The van der Waals surface area contributed by atoms with E-state index in [4.69, 9.17) is 5.73 Å². The zero-order chi connectivity index (χ0) is 13.8. The first kappa shape index (κ1) is 13.5. The molecule has 2 nitrogen and oxygen atoms in total. The lowest BCUT2D eigenvalue weighted by molar-refractivity contribution is 0.683. The third kappa shape index (κ3) is 3.08. The third-order valence-electron chi connectivity index (χ3n) is 3.43. The molecular weight excluding hydrogens is 232 g/mol. The number of nitrogen functional groups attached to an aromatic ring is 1. The van der Waals surface area contributed by atoms with Crippen LogP contribution >= 0.6 is 0 Å². The summed E-state index contributed by atoms with van der Waals surface area (Å²) in [5, 5.41) is 0. The highest BCUT2D eigenvalue weighted by atomic mass is 15.2. The molecule has 0 heterocycles. The van der Waals surface area contributed by atoms with Crippen molar-refractivity contribution < 1.29 is 0 Å². The van der Waals surface area contributed by atoms with Gasteiger partial charge in [-0.2, -0.15) is 0 Å². The number of nitrogens with zero attached hydrogens (tertiary/aromatic N) is 1. The second kappa shape index (κ2) is 5.79. The van der Waals surface area contributed by atoms with Crippen molar-refractivity contribution in [3.05, 3.63) is 59.7 Å². The number of hydrogen-bond donors (Lipinski definition) is 1. The Balaban J connectivity index is 2.33. The summed E-state index contributed by atoms with van der Waals surface area (Å²) in [5.41, 5.74) is 10.7. The van der Waals surface area contributed by atoms with E-state index in [1.807, 2.05) is 6.07 Å². The molecule has 0 saturated carbocycles. The SMILES string of the molecule is Cc1cccc(N(Cc2ccccc2)C(C)C)c1N. The molecule has 0 saturated heterocycles. The predicted molar refractivity (Wildman–Crippen MR) is 83.4 cm³/mol. The fourth-order valence-electron chi connectivity index (χ4n) is 2.24. The van der Waals surface area contributed by atoms with Gasteiger partial charge in [-0.1, -0.05) is 42.5 Å². The lowest BCUT2D eigenvalue weighted by Gasteiger charge is -2.30. The molecule has 0 amide bonds. The molecule has 19 heavy (non-hydrogen) atoms. The first-order valence-electron chi connectivity index (χ1n) is 6.75. The Morgan fingerprint density at radius 1 is 1.00 bits per heavy atom. The predicted octanol–water partition coefficient (Wildman–Crippen LogP) is 3.99. The molecule has 2 aromatic carbocycles. The van der Waals surface area contributed by atoms with E-state index in [2.05, 4.69) is 68.1 Å². The van der Waals surface area contributed by atoms with Crippen LogP contribution in [0.4, 0.5) is 11.4 Å². The first-order valence-corrected chi connectivity index (χ1v) is 6.75. The molecule has 100 valence electrons. The summed E-state index contributed by atoms with van der Waals surface area (Å²) in [6.07, 6.45) is 0. The van der Waals surface area contributed by atoms with Gasteiger partial charge in [-0.15, -0.1) is 0 Å². The van der Waals surface area contributed by atoms with Gasteiger partial charge >= 0.3 is 0 Å². The van der Waals surface area contributed by atoms with Crippen molar-refractivity contribution in [3.63, 3.8) is 0 Å². The van der Waals surface area contributed by atoms with E-state index in [0.29, 0.717) is 6.04 Å². The lowest BCUT2D eigenvalue weighted by atomic mass is 10.1. The zero-order valence-electron chi connectivity index (χ0n) is 11.9. The van der Waals surface area contributed by atoms with Gasteiger partial charge in [0.1, 0.15) is 0 Å². The summed E-state index contributed by atoms with van der Waals surface area (Å²) in [6, 6.07) is 17.1. The smallest absolute Gasteiger partial charge is 0.0608 e. The molecule has 2 rings (SSSR count). The Morgan fingerprint density at radius 2 is 1.68 bits per heavy atom. The third-order valence-corrected chi connectivity index (χ3v) is 3.43. The van der Waals surface area contributed by atoms with Crippen molar-refractivity contribution in [3.8, 4) is 0 Å². The molecule has 0 atom stereocenters. The van der Waals surface area contributed by atoms with Gasteiger partial charge < -0.3 is 10.6 Å². The standard InChI is InChI=1S/C17H22N2/c1-13(2)19(12-15-9-5-4-6-10-15)16-11-7-8-14(3)17(16)18/h4-11,13H,12,18H2,1-3H3. The highest BCUT2D eigenvalue weighted by Gasteiger charge is 2.14. The molecule has 0 spiro atoms. The van der Waals surface area contributed by atoms with Crippen LogP contribution in [0.1, 0.15) is 25.0 Å². The van der Waals surface area contributed by atoms with Crippen LogP contribution in [0.15, 0.2) is 48.5 Å². The van der Waals surface area contributed by atoms with Crippen LogP contribution in [0.25, 0.3) is 0 Å². The van der Waals surface area contributed by atoms with Gasteiger partial charge in [0.2, 0.25) is 0 Å². The maximum absolute atomic E-state index is 6.23. The maximum atomic E-state index is 6.23. The fraction of sp³-hybridized carbons (Fsp3) is 0.294. The molecule has 0 aliphatic carbocycles. The lowest BCUT2D eigenvalue weighted by Crippen LogP contribution is -2.30. The number of anilines is 2. The van der Waals surface area contributed by atoms with Crippen LogP contribution in [-0.2, 0) is 6.54 Å². The zero-order valence-corrected chi connectivity index (χ0v) is 11.9. The normalized spacial score (nSPS) is 10.7. The van der Waals surface area contributed by atoms with Gasteiger partial charge in [-0.3, -0.25) is 0 Å². The average Bonchev–Trinajstić information content (AvgIpc) is 2.40. The van der Waals surface area contributed by atoms with Gasteiger partial charge in [0, 0.05) is 12.6 Å². The second-order valence-electron chi connectivity index (χ2n) is 5.21. The van der Waals surface area contributed by atoms with Crippen molar-refractivity contribution >= 4 is 11.4 Å². The molecule has 0 radical (unpaired) electrons. The van der Waals surface area contributed by atoms with Gasteiger partial charge in [-0.05, 0) is 38.0 Å². The fourth-order valence-corrected chi connectivity index (χ4v) is 2.24. The summed E-state index contributed by atoms with van der Waals surface area (Å²) < 4.78 is 0. The number of para-hydroxylation sites is 1. The molecule has 0 aliphatic rings. The summed E-state index contributed by atoms with van der Waals surface area (Å²) in [5.74, 6) is 0. The molecule has 2 heteroatoms. The van der Waals surface area contributed by atoms with E-state index < -0.39 is 0 Å². The van der Waals surface area contributed by atoms with Crippen LogP contribution in [0.3, 0.4) is 0 Å². The summed E-state index contributed by atoms with van der Waals surface area (Å²) in [7, 11) is 0. The van der Waals surface area contributed by atoms with Crippen LogP contribution in [0.5, 0.6) is 0 Å². The number of aryl methyl sites for hydroxylation is 1. The van der Waals surface area contributed by atoms with E-state index in [9.17, 15) is 0 Å². The van der Waals surface area contributed by atoms with E-state index in [-0.39, 0.29) is 0 Å². The Morgan fingerprint density at radius 3 is 2.32 bits per heavy atom. The van der Waals surface area contributed by atoms with Crippen molar-refractivity contribution in [2.24, 2.45) is 0 Å². The van der Waals surface area contributed by atoms with Crippen LogP contribution in [0, 0.1) is 6.92 Å². The molecule has 2 N–H and O–H groups in total. The maximum Gasteiger partial charge on any atom is 0.0608 e. The van der Waals surface area contributed by atoms with Gasteiger partial charge in [0.25, 0.3) is 0 Å². The average molecular weight is 254 g/mol. The molecule has 0 aromatic heterocycles. The highest BCUT2D eigenvalue weighted by molar-refractivity contribution is 5.71. The van der Waals surface area contributed by atoms with Crippen LogP contribution in [0.2, 0.25) is 0 Å². The number of benzene rings is 2. The number of rotatable bonds is 4. The minimum absolute atomic E-state index is 0.407. The van der Waals surface area contributed by atoms with Gasteiger partial charge in [0.15, 0.2) is 0 Å². The quantitative estimate of drug-likeness (QED) is 0.836. The molecule has 0 unspecified atom stereocenters. The van der Waals surface area contributed by atoms with Gasteiger partial charge in [0.05, 0.1) is 11.4 Å². The Bertz CT molecular complexity index is 532. The Kier molecular flexibility index (Phi) is 4.10. The molecule has 0 aliphatic heterocycles. The molecule has 0 fully saturated rings. The molecular formula is C17H22N2. The van der Waals surface area contributed by atoms with E-state index in [1.165, 1.54) is 5.56 Å². The molecule has 0 bridgehead atoms. The second-order valence-corrected chi connectivity index (χ2v) is 5.21. The van der Waals surface area contributed by atoms with Crippen molar-refractivity contribution in [2.75, 3.05) is 10.6 Å². The number of hydrogen-bond acceptors (Lipinski definition) is 2. The van der Waals surface area contributed by atoms with Crippen molar-refractivity contribution in [2.45, 2.75) is 33.4 Å². The minimum atomic E-state index is 0.407. The molecule has 2 aromatic rings. The largest absolute Gasteiger partial charge is 0.397 e.